The smallest absolute Gasteiger partial charge is 0.313 e. The molecule has 0 atom stereocenters. The molecule has 1 aliphatic rings. The second-order valence-corrected chi connectivity index (χ2v) is 3.29. The summed E-state index contributed by atoms with van der Waals surface area (Å²) in [6.45, 7) is 2.08. The molecule has 0 aromatic rings. The first kappa shape index (κ1) is 8.85. The van der Waals surface area contributed by atoms with Crippen LogP contribution < -0.4 is 0 Å². The third-order valence-electron chi connectivity index (χ3n) is 2.20. The van der Waals surface area contributed by atoms with Crippen LogP contribution in [0.25, 0.3) is 0 Å². The van der Waals surface area contributed by atoms with Gasteiger partial charge in [-0.05, 0) is 19.3 Å². The molecule has 1 rings (SSSR count). The van der Waals surface area contributed by atoms with Crippen LogP contribution in [0.4, 0.5) is 0 Å². The highest BCUT2D eigenvalue weighted by Crippen LogP contribution is 2.50. The molecule has 0 aromatic heterocycles. The molecular weight excluding hydrogens is 164 g/mol. The van der Waals surface area contributed by atoms with Gasteiger partial charge in [0.05, 0.1) is 5.41 Å². The summed E-state index contributed by atoms with van der Waals surface area (Å²) >= 11 is 5.29. The van der Waals surface area contributed by atoms with Crippen molar-refractivity contribution in [3.8, 4) is 0 Å². The highest BCUT2D eigenvalue weighted by molar-refractivity contribution is 6.17. The maximum atomic E-state index is 11.2. The molecule has 3 heteroatoms. The molecule has 0 saturated heterocycles. The van der Waals surface area contributed by atoms with Crippen LogP contribution in [0.15, 0.2) is 0 Å². The molecule has 1 saturated carbocycles. The first-order valence-corrected chi connectivity index (χ1v) is 4.52. The van der Waals surface area contributed by atoms with Gasteiger partial charge in [0, 0.05) is 0 Å². The first-order valence-electron chi connectivity index (χ1n) is 3.98. The summed E-state index contributed by atoms with van der Waals surface area (Å²) in [6.07, 6.45) is 3.95. The van der Waals surface area contributed by atoms with E-state index in [9.17, 15) is 4.79 Å². The Hall–Kier alpha value is -0.240. The van der Waals surface area contributed by atoms with Crippen molar-refractivity contribution < 1.29 is 9.53 Å². The third kappa shape index (κ3) is 1.86. The Morgan fingerprint density at radius 1 is 1.64 bits per heavy atom. The van der Waals surface area contributed by atoms with Crippen molar-refractivity contribution in [1.29, 1.82) is 0 Å². The van der Waals surface area contributed by atoms with Crippen molar-refractivity contribution in [2.24, 2.45) is 5.41 Å². The number of carbonyl (C=O) groups is 1. The maximum absolute atomic E-state index is 11.2. The van der Waals surface area contributed by atoms with Gasteiger partial charge in [0.15, 0.2) is 6.07 Å². The van der Waals surface area contributed by atoms with E-state index in [0.29, 0.717) is 0 Å². The van der Waals surface area contributed by atoms with Crippen molar-refractivity contribution in [2.75, 3.05) is 6.07 Å². The lowest BCUT2D eigenvalue weighted by Gasteiger charge is -2.10. The Balaban J connectivity index is 2.38. The summed E-state index contributed by atoms with van der Waals surface area (Å²) in [5, 5.41) is 0. The van der Waals surface area contributed by atoms with Gasteiger partial charge in [0.2, 0.25) is 0 Å². The SMILES string of the molecule is CCCC1(C(=O)OCCl)CC1. The fourth-order valence-corrected chi connectivity index (χ4v) is 1.49. The van der Waals surface area contributed by atoms with Crippen LogP contribution in [0.3, 0.4) is 0 Å². The zero-order valence-corrected chi connectivity index (χ0v) is 7.49. The van der Waals surface area contributed by atoms with E-state index in [4.69, 9.17) is 16.3 Å². The van der Waals surface area contributed by atoms with E-state index in [0.717, 1.165) is 25.7 Å². The van der Waals surface area contributed by atoms with Gasteiger partial charge in [0.1, 0.15) is 0 Å². The minimum absolute atomic E-state index is 0.00963. The number of alkyl halides is 1. The highest BCUT2D eigenvalue weighted by Gasteiger charge is 2.50. The van der Waals surface area contributed by atoms with Crippen molar-refractivity contribution in [3.63, 3.8) is 0 Å². The zero-order chi connectivity index (χ0) is 8.32. The molecule has 0 aliphatic heterocycles. The predicted molar refractivity (Wildman–Crippen MR) is 43.4 cm³/mol. The van der Waals surface area contributed by atoms with Crippen LogP contribution in [0.5, 0.6) is 0 Å². The van der Waals surface area contributed by atoms with E-state index in [-0.39, 0.29) is 17.5 Å². The number of hydrogen-bond acceptors (Lipinski definition) is 2. The molecule has 11 heavy (non-hydrogen) atoms. The number of esters is 1. The van der Waals surface area contributed by atoms with Gasteiger partial charge in [-0.25, -0.2) is 0 Å². The second-order valence-electron chi connectivity index (χ2n) is 3.07. The van der Waals surface area contributed by atoms with Crippen molar-refractivity contribution in [2.45, 2.75) is 32.6 Å². The molecule has 0 radical (unpaired) electrons. The molecule has 1 aliphatic carbocycles. The Morgan fingerprint density at radius 3 is 2.64 bits per heavy atom. The van der Waals surface area contributed by atoms with Crippen LogP contribution in [-0.4, -0.2) is 12.0 Å². The van der Waals surface area contributed by atoms with Crippen LogP contribution in [0.1, 0.15) is 32.6 Å². The average Bonchev–Trinajstić information content (AvgIpc) is 2.71. The summed E-state index contributed by atoms with van der Waals surface area (Å²) in [6, 6.07) is -0.00963. The average molecular weight is 177 g/mol. The standard InChI is InChI=1S/C8H13ClO2/c1-2-3-8(4-5-8)7(10)11-6-9/h2-6H2,1H3. The van der Waals surface area contributed by atoms with Crippen LogP contribution in [0.2, 0.25) is 0 Å². The second kappa shape index (κ2) is 3.44. The van der Waals surface area contributed by atoms with Gasteiger partial charge in [-0.1, -0.05) is 24.9 Å². The molecular formula is C8H13ClO2. The fourth-order valence-electron chi connectivity index (χ4n) is 1.39. The van der Waals surface area contributed by atoms with E-state index < -0.39 is 0 Å². The molecule has 0 N–H and O–H groups in total. The molecule has 0 heterocycles. The maximum Gasteiger partial charge on any atom is 0.313 e. The highest BCUT2D eigenvalue weighted by atomic mass is 35.5. The third-order valence-corrected chi connectivity index (χ3v) is 2.31. The Labute approximate surface area is 71.9 Å². The Morgan fingerprint density at radius 2 is 2.27 bits per heavy atom. The summed E-state index contributed by atoms with van der Waals surface area (Å²) in [7, 11) is 0. The molecule has 0 aromatic carbocycles. The molecule has 64 valence electrons. The largest absolute Gasteiger partial charge is 0.449 e. The molecule has 0 spiro atoms. The minimum atomic E-state index is -0.135. The number of carbonyl (C=O) groups excluding carboxylic acids is 1. The summed E-state index contributed by atoms with van der Waals surface area (Å²) in [5.74, 6) is -0.102. The minimum Gasteiger partial charge on any atom is -0.449 e. The van der Waals surface area contributed by atoms with Crippen molar-refractivity contribution in [3.05, 3.63) is 0 Å². The van der Waals surface area contributed by atoms with Gasteiger partial charge >= 0.3 is 5.97 Å². The number of hydrogen-bond donors (Lipinski definition) is 0. The Bertz CT molecular complexity index is 152. The van der Waals surface area contributed by atoms with Crippen LogP contribution in [0, 0.1) is 5.41 Å². The van der Waals surface area contributed by atoms with Gasteiger partial charge in [-0.2, -0.15) is 0 Å². The van der Waals surface area contributed by atoms with Gasteiger partial charge in [-0.15, -0.1) is 0 Å². The molecule has 1 fully saturated rings. The number of ether oxygens (including phenoxy) is 1. The Kier molecular flexibility index (Phi) is 2.77. The topological polar surface area (TPSA) is 26.3 Å². The van der Waals surface area contributed by atoms with E-state index >= 15 is 0 Å². The van der Waals surface area contributed by atoms with Crippen molar-refractivity contribution >= 4 is 17.6 Å². The van der Waals surface area contributed by atoms with Gasteiger partial charge in [-0.3, -0.25) is 4.79 Å². The van der Waals surface area contributed by atoms with Crippen LogP contribution >= 0.6 is 11.6 Å². The predicted octanol–water partition coefficient (Wildman–Crippen LogP) is 2.31. The normalized spacial score (nSPS) is 19.5. The van der Waals surface area contributed by atoms with E-state index in [1.807, 2.05) is 0 Å². The number of rotatable bonds is 4. The van der Waals surface area contributed by atoms with E-state index in [2.05, 4.69) is 6.92 Å². The summed E-state index contributed by atoms with van der Waals surface area (Å²) in [5.41, 5.74) is -0.135. The van der Waals surface area contributed by atoms with Gasteiger partial charge < -0.3 is 4.74 Å². The van der Waals surface area contributed by atoms with Gasteiger partial charge in [0.25, 0.3) is 0 Å². The van der Waals surface area contributed by atoms with E-state index in [1.165, 1.54) is 0 Å². The lowest BCUT2D eigenvalue weighted by Crippen LogP contribution is -2.18. The zero-order valence-electron chi connectivity index (χ0n) is 6.73. The number of halogens is 1. The molecule has 0 unspecified atom stereocenters. The summed E-state index contributed by atoms with van der Waals surface area (Å²) < 4.78 is 4.75. The monoisotopic (exact) mass is 176 g/mol. The van der Waals surface area contributed by atoms with E-state index in [1.54, 1.807) is 0 Å². The lowest BCUT2D eigenvalue weighted by atomic mass is 10.0. The fraction of sp³-hybridized carbons (Fsp3) is 0.875. The summed E-state index contributed by atoms with van der Waals surface area (Å²) in [4.78, 5) is 11.2. The molecule has 0 amide bonds. The van der Waals surface area contributed by atoms with Crippen molar-refractivity contribution in [1.82, 2.24) is 0 Å². The first-order chi connectivity index (χ1) is 5.25. The van der Waals surface area contributed by atoms with Crippen LogP contribution in [-0.2, 0) is 9.53 Å². The molecule has 2 nitrogen and oxygen atoms in total. The quantitative estimate of drug-likeness (QED) is 0.486. The lowest BCUT2D eigenvalue weighted by molar-refractivity contribution is -0.148. The molecule has 0 bridgehead atoms.